The van der Waals surface area contributed by atoms with E-state index in [9.17, 15) is 13.2 Å². The molecule has 146 valence electrons. The zero-order chi connectivity index (χ0) is 20.0. The number of carbonyl (C=O) groups is 1. The highest BCUT2D eigenvalue weighted by Crippen LogP contribution is 2.21. The van der Waals surface area contributed by atoms with Gasteiger partial charge in [0.2, 0.25) is 15.9 Å². The number of ether oxygens (including phenoxy) is 1. The van der Waals surface area contributed by atoms with Gasteiger partial charge in [-0.2, -0.15) is 0 Å². The average Bonchev–Trinajstić information content (AvgIpc) is 2.60. The first-order valence-electron chi connectivity index (χ1n) is 8.74. The number of hydrogen-bond donors (Lipinski definition) is 1. The van der Waals surface area contributed by atoms with Crippen molar-refractivity contribution in [3.63, 3.8) is 0 Å². The summed E-state index contributed by atoms with van der Waals surface area (Å²) >= 11 is 0. The smallest absolute Gasteiger partial charge is 0.241 e. The molecule has 0 unspecified atom stereocenters. The summed E-state index contributed by atoms with van der Waals surface area (Å²) in [7, 11) is -3.59. The fourth-order valence-corrected chi connectivity index (χ4v) is 3.43. The Kier molecular flexibility index (Phi) is 6.85. The Hall–Kier alpha value is -2.54. The van der Waals surface area contributed by atoms with E-state index in [4.69, 9.17) is 4.74 Å². The van der Waals surface area contributed by atoms with Crippen LogP contribution in [-0.2, 0) is 21.4 Å². The van der Waals surface area contributed by atoms with E-state index in [0.29, 0.717) is 18.8 Å². The van der Waals surface area contributed by atoms with Crippen molar-refractivity contribution in [2.24, 2.45) is 0 Å². The zero-order valence-electron chi connectivity index (χ0n) is 16.2. The van der Waals surface area contributed by atoms with Crippen molar-refractivity contribution < 1.29 is 17.9 Å². The third-order valence-corrected chi connectivity index (χ3v) is 5.31. The van der Waals surface area contributed by atoms with Gasteiger partial charge in [0.15, 0.2) is 0 Å². The van der Waals surface area contributed by atoms with Crippen LogP contribution in [0.15, 0.2) is 42.5 Å². The van der Waals surface area contributed by atoms with Crippen LogP contribution in [0, 0.1) is 13.8 Å². The normalized spacial score (nSPS) is 11.1. The van der Waals surface area contributed by atoms with Gasteiger partial charge in [-0.15, -0.1) is 0 Å². The van der Waals surface area contributed by atoms with Crippen molar-refractivity contribution in [1.29, 1.82) is 0 Å². The number of amides is 1. The van der Waals surface area contributed by atoms with Crippen LogP contribution in [-0.4, -0.2) is 33.7 Å². The molecule has 0 saturated carbocycles. The van der Waals surface area contributed by atoms with Crippen molar-refractivity contribution in [2.45, 2.75) is 27.3 Å². The van der Waals surface area contributed by atoms with Crippen LogP contribution in [0.25, 0.3) is 0 Å². The van der Waals surface area contributed by atoms with Crippen LogP contribution < -0.4 is 14.4 Å². The van der Waals surface area contributed by atoms with Gasteiger partial charge in [-0.1, -0.05) is 18.2 Å². The van der Waals surface area contributed by atoms with Crippen LogP contribution in [0.4, 0.5) is 5.69 Å². The first-order valence-corrected chi connectivity index (χ1v) is 10.6. The van der Waals surface area contributed by atoms with Crippen molar-refractivity contribution in [3.05, 3.63) is 59.2 Å². The van der Waals surface area contributed by atoms with Crippen LogP contribution in [0.1, 0.15) is 23.6 Å². The third-order valence-electron chi connectivity index (χ3n) is 4.17. The van der Waals surface area contributed by atoms with Gasteiger partial charge in [-0.3, -0.25) is 9.10 Å². The highest BCUT2D eigenvalue weighted by atomic mass is 32.2. The molecular formula is C20H26N2O4S. The molecule has 0 radical (unpaired) electrons. The molecule has 0 heterocycles. The van der Waals surface area contributed by atoms with Crippen LogP contribution >= 0.6 is 0 Å². The minimum atomic E-state index is -3.59. The van der Waals surface area contributed by atoms with Gasteiger partial charge in [-0.25, -0.2) is 8.42 Å². The summed E-state index contributed by atoms with van der Waals surface area (Å²) in [5, 5.41) is 2.77. The SMILES string of the molecule is CCOc1cccc(CNC(=O)CN(c2ccc(C)c(C)c2)S(C)(=O)=O)c1. The van der Waals surface area contributed by atoms with E-state index in [0.717, 1.165) is 33.0 Å². The molecule has 2 rings (SSSR count). The first kappa shape index (κ1) is 20.8. The highest BCUT2D eigenvalue weighted by Gasteiger charge is 2.21. The number of hydrogen-bond acceptors (Lipinski definition) is 4. The second kappa shape index (κ2) is 8.90. The van der Waals surface area contributed by atoms with Crippen molar-refractivity contribution in [3.8, 4) is 5.75 Å². The Bertz CT molecular complexity index is 910. The minimum Gasteiger partial charge on any atom is -0.494 e. The van der Waals surface area contributed by atoms with E-state index in [1.54, 1.807) is 12.1 Å². The summed E-state index contributed by atoms with van der Waals surface area (Å²) < 4.78 is 30.9. The van der Waals surface area contributed by atoms with Gasteiger partial charge >= 0.3 is 0 Å². The molecule has 2 aromatic carbocycles. The topological polar surface area (TPSA) is 75.7 Å². The number of nitrogens with zero attached hydrogens (tertiary/aromatic N) is 1. The fourth-order valence-electron chi connectivity index (χ4n) is 2.58. The van der Waals surface area contributed by atoms with Crippen LogP contribution in [0.3, 0.4) is 0 Å². The Labute approximate surface area is 161 Å². The zero-order valence-corrected chi connectivity index (χ0v) is 17.0. The van der Waals surface area contributed by atoms with E-state index in [1.807, 2.05) is 51.1 Å². The fraction of sp³-hybridized carbons (Fsp3) is 0.350. The van der Waals surface area contributed by atoms with Gasteiger partial charge in [0, 0.05) is 6.54 Å². The molecule has 0 aliphatic rings. The Balaban J connectivity index is 2.08. The minimum absolute atomic E-state index is 0.271. The largest absolute Gasteiger partial charge is 0.494 e. The summed E-state index contributed by atoms with van der Waals surface area (Å²) in [5.41, 5.74) is 3.39. The second-order valence-electron chi connectivity index (χ2n) is 6.40. The van der Waals surface area contributed by atoms with Gasteiger partial charge < -0.3 is 10.1 Å². The molecule has 0 saturated heterocycles. The number of sulfonamides is 1. The predicted molar refractivity (Wildman–Crippen MR) is 108 cm³/mol. The van der Waals surface area contributed by atoms with E-state index >= 15 is 0 Å². The lowest BCUT2D eigenvalue weighted by Gasteiger charge is -2.22. The third kappa shape index (κ3) is 5.99. The molecule has 0 aromatic heterocycles. The van der Waals surface area contributed by atoms with Crippen LogP contribution in [0.2, 0.25) is 0 Å². The van der Waals surface area contributed by atoms with Crippen molar-refractivity contribution >= 4 is 21.6 Å². The maximum Gasteiger partial charge on any atom is 0.241 e. The summed E-state index contributed by atoms with van der Waals surface area (Å²) in [6.07, 6.45) is 1.10. The first-order chi connectivity index (χ1) is 12.7. The molecule has 1 N–H and O–H groups in total. The monoisotopic (exact) mass is 390 g/mol. The van der Waals surface area contributed by atoms with E-state index in [2.05, 4.69) is 5.32 Å². The standard InChI is InChI=1S/C20H26N2O4S/c1-5-26-19-8-6-7-17(12-19)13-21-20(23)14-22(27(4,24)25)18-10-9-15(2)16(3)11-18/h6-12H,5,13-14H2,1-4H3,(H,21,23). The van der Waals surface area contributed by atoms with Gasteiger partial charge in [0.25, 0.3) is 0 Å². The molecule has 2 aromatic rings. The summed E-state index contributed by atoms with van der Waals surface area (Å²) in [6.45, 7) is 6.35. The molecule has 0 aliphatic carbocycles. The quantitative estimate of drug-likeness (QED) is 0.752. The second-order valence-corrected chi connectivity index (χ2v) is 8.30. The highest BCUT2D eigenvalue weighted by molar-refractivity contribution is 7.92. The Morgan fingerprint density at radius 3 is 2.48 bits per heavy atom. The van der Waals surface area contributed by atoms with Gasteiger partial charge in [-0.05, 0) is 61.7 Å². The summed E-state index contributed by atoms with van der Waals surface area (Å²) in [5.74, 6) is 0.359. The maximum atomic E-state index is 12.4. The number of anilines is 1. The molecule has 6 nitrogen and oxygen atoms in total. The molecule has 0 aliphatic heterocycles. The van der Waals surface area contributed by atoms with Crippen molar-refractivity contribution in [1.82, 2.24) is 5.32 Å². The molecule has 7 heteroatoms. The molecule has 0 fully saturated rings. The molecule has 27 heavy (non-hydrogen) atoms. The van der Waals surface area contributed by atoms with E-state index < -0.39 is 10.0 Å². The average molecular weight is 391 g/mol. The number of nitrogens with one attached hydrogen (secondary N) is 1. The number of benzene rings is 2. The molecular weight excluding hydrogens is 364 g/mol. The number of aryl methyl sites for hydroxylation is 2. The van der Waals surface area contributed by atoms with Crippen molar-refractivity contribution in [2.75, 3.05) is 23.7 Å². The van der Waals surface area contributed by atoms with Gasteiger partial charge in [0.1, 0.15) is 12.3 Å². The number of rotatable bonds is 8. The summed E-state index contributed by atoms with van der Waals surface area (Å²) in [6, 6.07) is 12.8. The molecule has 0 bridgehead atoms. The molecule has 1 amide bonds. The van der Waals surface area contributed by atoms with E-state index in [-0.39, 0.29) is 12.5 Å². The molecule has 0 atom stereocenters. The van der Waals surface area contributed by atoms with Crippen LogP contribution in [0.5, 0.6) is 5.75 Å². The maximum absolute atomic E-state index is 12.4. The molecule has 0 spiro atoms. The Morgan fingerprint density at radius 1 is 1.11 bits per heavy atom. The van der Waals surface area contributed by atoms with Gasteiger partial charge in [0.05, 0.1) is 18.6 Å². The Morgan fingerprint density at radius 2 is 1.85 bits per heavy atom. The summed E-state index contributed by atoms with van der Waals surface area (Å²) in [4.78, 5) is 12.4. The number of carbonyl (C=O) groups excluding carboxylic acids is 1. The predicted octanol–water partition coefficient (Wildman–Crippen LogP) is 2.78. The van der Waals surface area contributed by atoms with E-state index in [1.165, 1.54) is 0 Å². The lowest BCUT2D eigenvalue weighted by Crippen LogP contribution is -2.40. The lowest BCUT2D eigenvalue weighted by molar-refractivity contribution is -0.119. The lowest BCUT2D eigenvalue weighted by atomic mass is 10.1.